The lowest BCUT2D eigenvalue weighted by molar-refractivity contribution is -0.706. The molecule has 152 valence electrons. The lowest BCUT2D eigenvalue weighted by Crippen LogP contribution is -3.00. The van der Waals surface area contributed by atoms with Gasteiger partial charge in [-0.25, -0.2) is 4.57 Å². The van der Waals surface area contributed by atoms with Crippen LogP contribution < -0.4 is 17.0 Å². The third-order valence-electron chi connectivity index (χ3n) is 4.75. The Morgan fingerprint density at radius 1 is 0.846 bits per heavy atom. The Labute approximate surface area is 165 Å². The van der Waals surface area contributed by atoms with E-state index in [-0.39, 0.29) is 12.4 Å². The average molecular weight is 426 g/mol. The highest BCUT2D eigenvalue weighted by Gasteiger charge is 2.78. The van der Waals surface area contributed by atoms with Crippen LogP contribution in [-0.4, -0.2) is 60.3 Å². The molecular formula is C16H32ClNO6Si2. The fraction of sp³-hybridized carbons (Fsp3) is 0.688. The molecule has 0 saturated heterocycles. The van der Waals surface area contributed by atoms with Gasteiger partial charge < -0.3 is 39.0 Å². The normalized spacial score (nSPS) is 12.8. The van der Waals surface area contributed by atoms with Gasteiger partial charge in [0.25, 0.3) is 0 Å². The van der Waals surface area contributed by atoms with Crippen LogP contribution in [0.15, 0.2) is 24.4 Å². The molecule has 0 bridgehead atoms. The van der Waals surface area contributed by atoms with E-state index in [0.717, 1.165) is 18.7 Å². The Morgan fingerprint density at radius 3 is 1.62 bits per heavy atom. The van der Waals surface area contributed by atoms with E-state index in [1.807, 2.05) is 31.3 Å². The molecule has 0 aliphatic rings. The van der Waals surface area contributed by atoms with Gasteiger partial charge >= 0.3 is 17.6 Å². The van der Waals surface area contributed by atoms with Gasteiger partial charge in [-0.3, -0.25) is 0 Å². The molecule has 0 fully saturated rings. The number of hydrogen-bond donors (Lipinski definition) is 0. The smallest absolute Gasteiger partial charge is 0.522 e. The largest absolute Gasteiger partial charge is 1.00 e. The van der Waals surface area contributed by atoms with Crippen LogP contribution >= 0.6 is 0 Å². The van der Waals surface area contributed by atoms with Crippen molar-refractivity contribution in [2.45, 2.75) is 31.5 Å². The molecule has 0 aliphatic heterocycles. The third-order valence-corrected chi connectivity index (χ3v) is 12.8. The molecule has 1 rings (SSSR count). The summed E-state index contributed by atoms with van der Waals surface area (Å²) in [5.74, 6) is 0. The minimum absolute atomic E-state index is 0. The quantitative estimate of drug-likeness (QED) is 0.317. The second-order valence-electron chi connectivity index (χ2n) is 5.74. The first-order valence-corrected chi connectivity index (χ1v) is 11.7. The predicted molar refractivity (Wildman–Crippen MR) is 97.8 cm³/mol. The predicted octanol–water partition coefficient (Wildman–Crippen LogP) is -1.52. The van der Waals surface area contributed by atoms with Crippen molar-refractivity contribution in [1.82, 2.24) is 0 Å². The number of hydrogen-bond acceptors (Lipinski definition) is 6. The highest BCUT2D eigenvalue weighted by Crippen LogP contribution is 2.42. The summed E-state index contributed by atoms with van der Waals surface area (Å²) in [6, 6.07) is 5.98. The van der Waals surface area contributed by atoms with Gasteiger partial charge in [0.05, 0.1) is 0 Å². The molecule has 10 heteroatoms. The fourth-order valence-electron chi connectivity index (χ4n) is 3.59. The number of nitrogens with zero attached hydrogens (tertiary/aromatic N) is 1. The van der Waals surface area contributed by atoms with Crippen molar-refractivity contribution in [2.24, 2.45) is 0 Å². The summed E-state index contributed by atoms with van der Waals surface area (Å²) < 4.78 is 36.5. The SMILES string of the molecule is CCC[n+]1ccccc1C(C)([Si](OC)(OC)OC)[Si](OC)(OC)OC.[Cl-]. The van der Waals surface area contributed by atoms with Crippen molar-refractivity contribution in [3.05, 3.63) is 30.1 Å². The van der Waals surface area contributed by atoms with E-state index < -0.39 is 22.3 Å². The number of halogens is 1. The van der Waals surface area contributed by atoms with E-state index in [1.165, 1.54) is 0 Å². The highest BCUT2D eigenvalue weighted by molar-refractivity contribution is 6.84. The van der Waals surface area contributed by atoms with Crippen molar-refractivity contribution in [1.29, 1.82) is 0 Å². The molecule has 0 N–H and O–H groups in total. The maximum absolute atomic E-state index is 5.88. The molecule has 0 saturated carbocycles. The van der Waals surface area contributed by atoms with Crippen LogP contribution in [0.4, 0.5) is 0 Å². The minimum Gasteiger partial charge on any atom is -1.00 e. The Morgan fingerprint density at radius 2 is 1.27 bits per heavy atom. The van der Waals surface area contributed by atoms with Crippen LogP contribution in [0.25, 0.3) is 0 Å². The van der Waals surface area contributed by atoms with Crippen LogP contribution in [0.3, 0.4) is 0 Å². The van der Waals surface area contributed by atoms with Gasteiger partial charge in [0.2, 0.25) is 0 Å². The van der Waals surface area contributed by atoms with Crippen LogP contribution in [0.1, 0.15) is 26.0 Å². The lowest BCUT2D eigenvalue weighted by atomic mass is 10.2. The molecular weight excluding hydrogens is 394 g/mol. The van der Waals surface area contributed by atoms with Crippen LogP contribution in [0.5, 0.6) is 0 Å². The Bertz CT molecular complexity index is 507. The number of aryl methyl sites for hydroxylation is 1. The molecule has 1 aromatic heterocycles. The molecule has 0 unspecified atom stereocenters. The summed E-state index contributed by atoms with van der Waals surface area (Å²) in [5.41, 5.74) is 0.936. The second-order valence-corrected chi connectivity index (χ2v) is 12.9. The molecule has 0 amide bonds. The van der Waals surface area contributed by atoms with E-state index in [2.05, 4.69) is 11.5 Å². The number of aromatic nitrogens is 1. The van der Waals surface area contributed by atoms with Crippen molar-refractivity contribution < 1.29 is 43.5 Å². The molecule has 0 spiro atoms. The van der Waals surface area contributed by atoms with Gasteiger partial charge in [-0.1, -0.05) is 13.0 Å². The van der Waals surface area contributed by atoms with Crippen LogP contribution in [-0.2, 0) is 37.8 Å². The first-order chi connectivity index (χ1) is 11.9. The fourth-order valence-corrected chi connectivity index (χ4v) is 11.5. The molecule has 0 aromatic carbocycles. The summed E-state index contributed by atoms with van der Waals surface area (Å²) in [7, 11) is 2.92. The van der Waals surface area contributed by atoms with E-state index >= 15 is 0 Å². The maximum atomic E-state index is 5.88. The zero-order valence-electron chi connectivity index (χ0n) is 17.0. The Balaban J connectivity index is 0.00000625. The summed E-state index contributed by atoms with van der Waals surface area (Å²) in [6.07, 6.45) is 3.00. The molecule has 7 nitrogen and oxygen atoms in total. The van der Waals surface area contributed by atoms with E-state index in [9.17, 15) is 0 Å². The zero-order chi connectivity index (χ0) is 19.1. The van der Waals surface area contributed by atoms with E-state index in [1.54, 1.807) is 42.7 Å². The van der Waals surface area contributed by atoms with E-state index in [4.69, 9.17) is 26.6 Å². The summed E-state index contributed by atoms with van der Waals surface area (Å²) in [4.78, 5) is 0. The van der Waals surface area contributed by atoms with Crippen molar-refractivity contribution in [3.63, 3.8) is 0 Å². The molecule has 0 radical (unpaired) electrons. The zero-order valence-corrected chi connectivity index (χ0v) is 19.8. The molecule has 0 aliphatic carbocycles. The molecule has 26 heavy (non-hydrogen) atoms. The first-order valence-electron chi connectivity index (χ1n) is 8.22. The van der Waals surface area contributed by atoms with Gasteiger partial charge in [-0.15, -0.1) is 0 Å². The Hall–Kier alpha value is -0.366. The van der Waals surface area contributed by atoms with Crippen molar-refractivity contribution in [3.8, 4) is 0 Å². The third kappa shape index (κ3) is 3.91. The summed E-state index contributed by atoms with van der Waals surface area (Å²) in [6.45, 7) is 4.94. The summed E-state index contributed by atoms with van der Waals surface area (Å²) >= 11 is 0. The molecule has 1 heterocycles. The minimum atomic E-state index is -3.30. The topological polar surface area (TPSA) is 59.3 Å². The van der Waals surface area contributed by atoms with Crippen LogP contribution in [0.2, 0.25) is 0 Å². The number of pyridine rings is 1. The van der Waals surface area contributed by atoms with Gasteiger partial charge in [-0.05, 0) is 6.92 Å². The molecule has 1 aromatic rings. The highest BCUT2D eigenvalue weighted by atomic mass is 35.5. The second kappa shape index (κ2) is 10.8. The summed E-state index contributed by atoms with van der Waals surface area (Å²) in [5, 5.41) is 0. The van der Waals surface area contributed by atoms with Crippen molar-refractivity contribution >= 4 is 17.6 Å². The average Bonchev–Trinajstić information content (AvgIpc) is 2.66. The monoisotopic (exact) mass is 425 g/mol. The number of rotatable bonds is 11. The lowest BCUT2D eigenvalue weighted by Gasteiger charge is -2.45. The molecule has 0 atom stereocenters. The Kier molecular flexibility index (Phi) is 10.7. The van der Waals surface area contributed by atoms with Crippen molar-refractivity contribution in [2.75, 3.05) is 42.7 Å². The van der Waals surface area contributed by atoms with E-state index in [0.29, 0.717) is 0 Å². The van der Waals surface area contributed by atoms with Gasteiger partial charge in [0.15, 0.2) is 16.6 Å². The van der Waals surface area contributed by atoms with Gasteiger partial charge in [-0.2, -0.15) is 0 Å². The van der Waals surface area contributed by atoms with Gasteiger partial charge in [0, 0.05) is 61.2 Å². The standard InChI is InChI=1S/C16H32NO6Si2.ClH/c1-9-13-17-14-11-10-12-15(17)16(2,24(18-3,19-4)20-5)25(21-6,22-7)23-8;/h10-12,14H,9,13H2,1-8H3;1H/q+1;/p-1. The first kappa shape index (κ1) is 25.6. The van der Waals surface area contributed by atoms with Crippen LogP contribution in [0, 0.1) is 0 Å². The van der Waals surface area contributed by atoms with Gasteiger partial charge in [0.1, 0.15) is 6.54 Å². The maximum Gasteiger partial charge on any atom is 0.522 e.